The summed E-state index contributed by atoms with van der Waals surface area (Å²) in [4.78, 5) is 11.6. The van der Waals surface area contributed by atoms with Gasteiger partial charge in [-0.3, -0.25) is 0 Å². The lowest BCUT2D eigenvalue weighted by Gasteiger charge is -2.09. The Morgan fingerprint density at radius 2 is 2.05 bits per heavy atom. The lowest BCUT2D eigenvalue weighted by Crippen LogP contribution is -2.14. The number of aromatic hydroxyl groups is 2. The molecule has 0 fully saturated rings. The fourth-order valence-corrected chi connectivity index (χ4v) is 2.09. The van der Waals surface area contributed by atoms with Crippen LogP contribution in [0.1, 0.15) is 17.4 Å². The van der Waals surface area contributed by atoms with Crippen molar-refractivity contribution >= 4 is 11.2 Å². The topological polar surface area (TPSA) is 108 Å². The van der Waals surface area contributed by atoms with Gasteiger partial charge in [0.1, 0.15) is 5.82 Å². The minimum absolute atomic E-state index is 0.143. The minimum Gasteiger partial charge on any atom is -0.504 e. The molecule has 0 aliphatic rings. The normalized spacial score (nSPS) is 12.7. The number of aromatic nitrogens is 3. The summed E-state index contributed by atoms with van der Waals surface area (Å²) in [5, 5.41) is 18.8. The second kappa shape index (κ2) is 4.82. The first-order valence-electron chi connectivity index (χ1n) is 6.20. The van der Waals surface area contributed by atoms with E-state index in [9.17, 15) is 10.2 Å². The maximum Gasteiger partial charge on any atom is 0.177 e. The van der Waals surface area contributed by atoms with E-state index in [1.54, 1.807) is 12.3 Å². The summed E-state index contributed by atoms with van der Waals surface area (Å²) in [6, 6.07) is 8.03. The second-order valence-corrected chi connectivity index (χ2v) is 4.63. The molecule has 0 amide bonds. The Hall–Kier alpha value is -2.60. The SMILES string of the molecule is NC(Cc1ccc(O)c(O)c1)c1nc2ncccc2[nH]1. The number of aromatic amines is 1. The van der Waals surface area contributed by atoms with Gasteiger partial charge in [0.15, 0.2) is 17.1 Å². The number of nitrogens with zero attached hydrogens (tertiary/aromatic N) is 2. The van der Waals surface area contributed by atoms with Gasteiger partial charge in [0.05, 0.1) is 11.6 Å². The zero-order valence-corrected chi connectivity index (χ0v) is 10.6. The Balaban J connectivity index is 1.84. The Kier molecular flexibility index (Phi) is 3.00. The van der Waals surface area contributed by atoms with Gasteiger partial charge >= 0.3 is 0 Å². The molecule has 0 radical (unpaired) electrons. The van der Waals surface area contributed by atoms with E-state index in [1.807, 2.05) is 12.1 Å². The van der Waals surface area contributed by atoms with E-state index in [2.05, 4.69) is 15.0 Å². The van der Waals surface area contributed by atoms with Gasteiger partial charge in [-0.1, -0.05) is 6.07 Å². The standard InChI is InChI=1S/C14H14N4O2/c15-9(6-8-3-4-11(19)12(20)7-8)13-17-10-2-1-5-16-14(10)18-13/h1-5,7,9,19-20H,6,15H2,(H,16,17,18). The molecule has 102 valence electrons. The zero-order chi connectivity index (χ0) is 14.1. The van der Waals surface area contributed by atoms with E-state index in [4.69, 9.17) is 5.73 Å². The summed E-state index contributed by atoms with van der Waals surface area (Å²) in [5.74, 6) is 0.350. The predicted molar refractivity (Wildman–Crippen MR) is 74.3 cm³/mol. The number of nitrogens with two attached hydrogens (primary N) is 1. The van der Waals surface area contributed by atoms with Crippen LogP contribution >= 0.6 is 0 Å². The van der Waals surface area contributed by atoms with Gasteiger partial charge in [0.2, 0.25) is 0 Å². The van der Waals surface area contributed by atoms with E-state index >= 15 is 0 Å². The van der Waals surface area contributed by atoms with Gasteiger partial charge in [-0.05, 0) is 36.2 Å². The fraction of sp³-hybridized carbons (Fsp3) is 0.143. The van der Waals surface area contributed by atoms with Crippen LogP contribution in [0.15, 0.2) is 36.5 Å². The highest BCUT2D eigenvalue weighted by molar-refractivity contribution is 5.70. The molecule has 3 rings (SSSR count). The molecule has 5 N–H and O–H groups in total. The van der Waals surface area contributed by atoms with Crippen molar-refractivity contribution in [2.75, 3.05) is 0 Å². The third-order valence-corrected chi connectivity index (χ3v) is 3.12. The molecule has 0 aliphatic heterocycles. The number of benzene rings is 1. The molecule has 2 aromatic heterocycles. The van der Waals surface area contributed by atoms with Gasteiger partial charge in [0, 0.05) is 6.20 Å². The van der Waals surface area contributed by atoms with Crippen LogP contribution < -0.4 is 5.73 Å². The number of hydrogen-bond acceptors (Lipinski definition) is 5. The Labute approximate surface area is 114 Å². The Morgan fingerprint density at radius 3 is 2.80 bits per heavy atom. The summed E-state index contributed by atoms with van der Waals surface area (Å²) in [6.07, 6.45) is 2.17. The first kappa shape index (κ1) is 12.4. The van der Waals surface area contributed by atoms with E-state index < -0.39 is 0 Å². The number of pyridine rings is 1. The number of hydrogen-bond donors (Lipinski definition) is 4. The summed E-state index contributed by atoms with van der Waals surface area (Å²) < 4.78 is 0. The summed E-state index contributed by atoms with van der Waals surface area (Å²) in [6.45, 7) is 0. The largest absolute Gasteiger partial charge is 0.504 e. The van der Waals surface area contributed by atoms with E-state index in [1.165, 1.54) is 12.1 Å². The number of H-pyrrole nitrogens is 1. The van der Waals surface area contributed by atoms with Crippen LogP contribution in [0, 0.1) is 0 Å². The molecule has 0 bridgehead atoms. The zero-order valence-electron chi connectivity index (χ0n) is 10.6. The maximum atomic E-state index is 9.47. The summed E-state index contributed by atoms with van der Waals surface area (Å²) in [5.41, 5.74) is 8.40. The van der Waals surface area contributed by atoms with Crippen molar-refractivity contribution in [2.45, 2.75) is 12.5 Å². The van der Waals surface area contributed by atoms with Crippen LogP contribution in [0.4, 0.5) is 0 Å². The molecular formula is C14H14N4O2. The molecule has 3 aromatic rings. The van der Waals surface area contributed by atoms with Crippen molar-refractivity contribution in [2.24, 2.45) is 5.73 Å². The van der Waals surface area contributed by atoms with Crippen LogP contribution in [0.25, 0.3) is 11.2 Å². The maximum absolute atomic E-state index is 9.47. The predicted octanol–water partition coefficient (Wildman–Crippen LogP) is 1.61. The first-order valence-corrected chi connectivity index (χ1v) is 6.20. The third kappa shape index (κ3) is 2.28. The van der Waals surface area contributed by atoms with Crippen molar-refractivity contribution < 1.29 is 10.2 Å². The van der Waals surface area contributed by atoms with Crippen LogP contribution in [0.3, 0.4) is 0 Å². The molecule has 6 nitrogen and oxygen atoms in total. The second-order valence-electron chi connectivity index (χ2n) is 4.63. The Bertz CT molecular complexity index is 721. The lowest BCUT2D eigenvalue weighted by molar-refractivity contribution is 0.403. The third-order valence-electron chi connectivity index (χ3n) is 3.12. The molecule has 0 saturated heterocycles. The van der Waals surface area contributed by atoms with Crippen LogP contribution in [-0.2, 0) is 6.42 Å². The Morgan fingerprint density at radius 1 is 1.20 bits per heavy atom. The molecule has 1 unspecified atom stereocenters. The van der Waals surface area contributed by atoms with Crippen molar-refractivity contribution in [1.82, 2.24) is 15.0 Å². The van der Waals surface area contributed by atoms with Gasteiger partial charge in [-0.2, -0.15) is 0 Å². The molecule has 0 spiro atoms. The van der Waals surface area contributed by atoms with Gasteiger partial charge in [-0.15, -0.1) is 0 Å². The van der Waals surface area contributed by atoms with Crippen molar-refractivity contribution in [3.63, 3.8) is 0 Å². The highest BCUT2D eigenvalue weighted by Gasteiger charge is 2.13. The highest BCUT2D eigenvalue weighted by Crippen LogP contribution is 2.26. The monoisotopic (exact) mass is 270 g/mol. The van der Waals surface area contributed by atoms with Crippen LogP contribution in [0.2, 0.25) is 0 Å². The molecule has 0 saturated carbocycles. The number of imidazole rings is 1. The molecular weight excluding hydrogens is 256 g/mol. The molecule has 0 aliphatic carbocycles. The number of rotatable bonds is 3. The van der Waals surface area contributed by atoms with Gasteiger partial charge < -0.3 is 20.9 Å². The van der Waals surface area contributed by atoms with E-state index in [-0.39, 0.29) is 17.5 Å². The highest BCUT2D eigenvalue weighted by atomic mass is 16.3. The van der Waals surface area contributed by atoms with Crippen molar-refractivity contribution in [1.29, 1.82) is 0 Å². The van der Waals surface area contributed by atoms with E-state index in [0.29, 0.717) is 17.9 Å². The van der Waals surface area contributed by atoms with Crippen LogP contribution in [0.5, 0.6) is 11.5 Å². The van der Waals surface area contributed by atoms with E-state index in [0.717, 1.165) is 11.1 Å². The molecule has 20 heavy (non-hydrogen) atoms. The quantitative estimate of drug-likeness (QED) is 0.541. The van der Waals surface area contributed by atoms with Crippen LogP contribution in [-0.4, -0.2) is 25.2 Å². The first-order chi connectivity index (χ1) is 9.63. The molecule has 1 aromatic carbocycles. The minimum atomic E-state index is -0.340. The number of fused-ring (bicyclic) bond motifs is 1. The molecule has 2 heterocycles. The molecule has 6 heteroatoms. The lowest BCUT2D eigenvalue weighted by atomic mass is 10.1. The average Bonchev–Trinajstić information content (AvgIpc) is 2.87. The number of nitrogens with one attached hydrogen (secondary N) is 1. The van der Waals surface area contributed by atoms with Gasteiger partial charge in [-0.25, -0.2) is 9.97 Å². The molecule has 1 atom stereocenters. The number of phenols is 2. The van der Waals surface area contributed by atoms with Crippen molar-refractivity contribution in [3.05, 3.63) is 47.9 Å². The van der Waals surface area contributed by atoms with Gasteiger partial charge in [0.25, 0.3) is 0 Å². The fourth-order valence-electron chi connectivity index (χ4n) is 2.09. The summed E-state index contributed by atoms with van der Waals surface area (Å²) >= 11 is 0. The smallest absolute Gasteiger partial charge is 0.177 e. The van der Waals surface area contributed by atoms with Crippen molar-refractivity contribution in [3.8, 4) is 11.5 Å². The number of phenolic OH excluding ortho intramolecular Hbond substituents is 2. The average molecular weight is 270 g/mol. The summed E-state index contributed by atoms with van der Waals surface area (Å²) in [7, 11) is 0.